The lowest BCUT2D eigenvalue weighted by Gasteiger charge is -2.17. The van der Waals surface area contributed by atoms with Gasteiger partial charge in [-0.3, -0.25) is 4.79 Å². The molecule has 0 aromatic heterocycles. The molecule has 0 radical (unpaired) electrons. The Kier molecular flexibility index (Phi) is 8.18. The third-order valence-corrected chi connectivity index (χ3v) is 4.00. The Morgan fingerprint density at radius 2 is 1.73 bits per heavy atom. The molecule has 1 aromatic rings. The van der Waals surface area contributed by atoms with E-state index in [-0.39, 0.29) is 5.91 Å². The fourth-order valence-corrected chi connectivity index (χ4v) is 2.53. The van der Waals surface area contributed by atoms with Crippen LogP contribution >= 0.6 is 0 Å². The molecule has 0 aliphatic carbocycles. The molecule has 3 heteroatoms. The minimum Gasteiger partial charge on any atom is -0.330 e. The van der Waals surface area contributed by atoms with Crippen molar-refractivity contribution in [2.45, 2.75) is 71.6 Å². The Bertz CT molecular complexity index is 467. The van der Waals surface area contributed by atoms with E-state index in [1.165, 1.54) is 11.1 Å². The summed E-state index contributed by atoms with van der Waals surface area (Å²) in [6.07, 6.45) is 4.77. The van der Waals surface area contributed by atoms with Crippen LogP contribution in [0, 0.1) is 0 Å². The number of unbranched alkanes of at least 4 members (excludes halogenated alkanes) is 3. The van der Waals surface area contributed by atoms with Crippen molar-refractivity contribution in [3.05, 3.63) is 29.3 Å². The zero-order valence-corrected chi connectivity index (χ0v) is 14.6. The minimum atomic E-state index is 0.118. The first kappa shape index (κ1) is 18.7. The number of carbonyl (C=O) groups is 1. The molecule has 0 spiro atoms. The molecule has 124 valence electrons. The Morgan fingerprint density at radius 1 is 1.05 bits per heavy atom. The van der Waals surface area contributed by atoms with Gasteiger partial charge in [0.05, 0.1) is 0 Å². The topological polar surface area (TPSA) is 55.1 Å². The van der Waals surface area contributed by atoms with Crippen molar-refractivity contribution in [3.63, 3.8) is 0 Å². The summed E-state index contributed by atoms with van der Waals surface area (Å²) in [5, 5.41) is 3.09. The van der Waals surface area contributed by atoms with Crippen molar-refractivity contribution in [1.29, 1.82) is 0 Å². The molecule has 0 saturated carbocycles. The van der Waals surface area contributed by atoms with Crippen molar-refractivity contribution in [2.75, 3.05) is 11.9 Å². The van der Waals surface area contributed by atoms with Gasteiger partial charge in [-0.2, -0.15) is 0 Å². The summed E-state index contributed by atoms with van der Waals surface area (Å²) in [5.74, 6) is 1.02. The normalized spacial score (nSPS) is 11.2. The van der Waals surface area contributed by atoms with Crippen molar-refractivity contribution in [3.8, 4) is 0 Å². The number of carbonyl (C=O) groups excluding carboxylic acids is 1. The van der Waals surface area contributed by atoms with Gasteiger partial charge < -0.3 is 11.1 Å². The highest BCUT2D eigenvalue weighted by Gasteiger charge is 2.12. The SMILES string of the molecule is CC(C)c1ccc(NC(=O)CCCCCCN)c(C(C)C)c1. The van der Waals surface area contributed by atoms with E-state index in [9.17, 15) is 4.79 Å². The van der Waals surface area contributed by atoms with E-state index in [2.05, 4.69) is 51.2 Å². The number of rotatable bonds is 9. The Morgan fingerprint density at radius 3 is 2.32 bits per heavy atom. The lowest BCUT2D eigenvalue weighted by atomic mass is 9.94. The highest BCUT2D eigenvalue weighted by Crippen LogP contribution is 2.28. The van der Waals surface area contributed by atoms with E-state index in [0.29, 0.717) is 18.3 Å². The smallest absolute Gasteiger partial charge is 0.224 e. The van der Waals surface area contributed by atoms with E-state index < -0.39 is 0 Å². The van der Waals surface area contributed by atoms with Crippen LogP contribution in [0.3, 0.4) is 0 Å². The van der Waals surface area contributed by atoms with Crippen LogP contribution in [0.5, 0.6) is 0 Å². The van der Waals surface area contributed by atoms with Crippen LogP contribution in [0.4, 0.5) is 5.69 Å². The molecule has 0 saturated heterocycles. The first-order chi connectivity index (χ1) is 10.5. The van der Waals surface area contributed by atoms with Crippen LogP contribution in [0.1, 0.15) is 82.8 Å². The maximum Gasteiger partial charge on any atom is 0.224 e. The summed E-state index contributed by atoms with van der Waals surface area (Å²) < 4.78 is 0. The van der Waals surface area contributed by atoms with Gasteiger partial charge in [0.2, 0.25) is 5.91 Å². The molecule has 0 bridgehead atoms. The quantitative estimate of drug-likeness (QED) is 0.645. The summed E-state index contributed by atoms with van der Waals surface area (Å²) in [4.78, 5) is 12.1. The highest BCUT2D eigenvalue weighted by atomic mass is 16.1. The van der Waals surface area contributed by atoms with Gasteiger partial charge in [-0.05, 0) is 48.4 Å². The van der Waals surface area contributed by atoms with Crippen LogP contribution < -0.4 is 11.1 Å². The summed E-state index contributed by atoms with van der Waals surface area (Å²) in [6.45, 7) is 9.47. The van der Waals surface area contributed by atoms with Crippen LogP contribution in [-0.2, 0) is 4.79 Å². The lowest BCUT2D eigenvalue weighted by Crippen LogP contribution is -2.13. The van der Waals surface area contributed by atoms with E-state index in [1.54, 1.807) is 0 Å². The summed E-state index contributed by atoms with van der Waals surface area (Å²) in [6, 6.07) is 6.40. The van der Waals surface area contributed by atoms with Crippen molar-refractivity contribution >= 4 is 11.6 Å². The molecule has 3 nitrogen and oxygen atoms in total. The number of hydrogen-bond donors (Lipinski definition) is 2. The molecule has 0 unspecified atom stereocenters. The standard InChI is InChI=1S/C19H32N2O/c1-14(2)16-10-11-18(17(13-16)15(3)4)21-19(22)9-7-5-6-8-12-20/h10-11,13-15H,5-9,12,20H2,1-4H3,(H,21,22). The molecule has 1 rings (SSSR count). The third-order valence-electron chi connectivity index (χ3n) is 4.00. The second-order valence-electron chi connectivity index (χ2n) is 6.66. The molecule has 0 heterocycles. The zero-order chi connectivity index (χ0) is 16.5. The van der Waals surface area contributed by atoms with Gasteiger partial charge in [-0.25, -0.2) is 0 Å². The third kappa shape index (κ3) is 6.18. The van der Waals surface area contributed by atoms with Crippen LogP contribution in [0.15, 0.2) is 18.2 Å². The Labute approximate surface area is 135 Å². The molecule has 1 aromatic carbocycles. The first-order valence-corrected chi connectivity index (χ1v) is 8.59. The first-order valence-electron chi connectivity index (χ1n) is 8.59. The van der Waals surface area contributed by atoms with E-state index in [1.807, 2.05) is 0 Å². The van der Waals surface area contributed by atoms with Crippen LogP contribution in [0.2, 0.25) is 0 Å². The number of hydrogen-bond acceptors (Lipinski definition) is 2. The number of anilines is 1. The van der Waals surface area contributed by atoms with Crippen molar-refractivity contribution < 1.29 is 4.79 Å². The van der Waals surface area contributed by atoms with Gasteiger partial charge in [0.25, 0.3) is 0 Å². The molecular formula is C19H32N2O. The second-order valence-corrected chi connectivity index (χ2v) is 6.66. The lowest BCUT2D eigenvalue weighted by molar-refractivity contribution is -0.116. The number of benzene rings is 1. The largest absolute Gasteiger partial charge is 0.330 e. The maximum atomic E-state index is 12.1. The van der Waals surface area contributed by atoms with E-state index >= 15 is 0 Å². The molecule has 0 fully saturated rings. The van der Waals surface area contributed by atoms with Crippen molar-refractivity contribution in [2.24, 2.45) is 5.73 Å². The fraction of sp³-hybridized carbons (Fsp3) is 0.632. The van der Waals surface area contributed by atoms with Gasteiger partial charge in [0, 0.05) is 12.1 Å². The Balaban J connectivity index is 2.62. The second kappa shape index (κ2) is 9.62. The van der Waals surface area contributed by atoms with Gasteiger partial charge in [0.15, 0.2) is 0 Å². The molecule has 0 aliphatic heterocycles. The number of nitrogens with one attached hydrogen (secondary N) is 1. The molecule has 22 heavy (non-hydrogen) atoms. The molecule has 1 amide bonds. The van der Waals surface area contributed by atoms with Crippen LogP contribution in [-0.4, -0.2) is 12.5 Å². The fourth-order valence-electron chi connectivity index (χ4n) is 2.53. The monoisotopic (exact) mass is 304 g/mol. The summed E-state index contributed by atoms with van der Waals surface area (Å²) in [5.41, 5.74) is 8.98. The van der Waals surface area contributed by atoms with Crippen LogP contribution in [0.25, 0.3) is 0 Å². The summed E-state index contributed by atoms with van der Waals surface area (Å²) >= 11 is 0. The number of nitrogens with two attached hydrogens (primary N) is 1. The molecule has 3 N–H and O–H groups in total. The van der Waals surface area contributed by atoms with Gasteiger partial charge in [0.1, 0.15) is 0 Å². The van der Waals surface area contributed by atoms with Gasteiger partial charge in [-0.15, -0.1) is 0 Å². The average molecular weight is 304 g/mol. The molecular weight excluding hydrogens is 272 g/mol. The van der Waals surface area contributed by atoms with Crippen molar-refractivity contribution in [1.82, 2.24) is 0 Å². The Hall–Kier alpha value is -1.35. The predicted octanol–water partition coefficient (Wildman–Crippen LogP) is 4.78. The number of amides is 1. The predicted molar refractivity (Wildman–Crippen MR) is 95.4 cm³/mol. The highest BCUT2D eigenvalue weighted by molar-refractivity contribution is 5.91. The molecule has 0 atom stereocenters. The minimum absolute atomic E-state index is 0.118. The van der Waals surface area contributed by atoms with E-state index in [0.717, 1.165) is 37.9 Å². The average Bonchev–Trinajstić information content (AvgIpc) is 2.47. The van der Waals surface area contributed by atoms with E-state index in [4.69, 9.17) is 5.73 Å². The van der Waals surface area contributed by atoms with Gasteiger partial charge in [-0.1, -0.05) is 52.7 Å². The van der Waals surface area contributed by atoms with Gasteiger partial charge >= 0.3 is 0 Å². The molecule has 0 aliphatic rings. The summed E-state index contributed by atoms with van der Waals surface area (Å²) in [7, 11) is 0. The zero-order valence-electron chi connectivity index (χ0n) is 14.6. The maximum absolute atomic E-state index is 12.1.